The van der Waals surface area contributed by atoms with Gasteiger partial charge in [-0.15, -0.1) is 0 Å². The summed E-state index contributed by atoms with van der Waals surface area (Å²) in [6.45, 7) is 3.24. The summed E-state index contributed by atoms with van der Waals surface area (Å²) in [4.78, 5) is 0. The van der Waals surface area contributed by atoms with Gasteiger partial charge in [0, 0.05) is 13.7 Å². The molecule has 28 heavy (non-hydrogen) atoms. The van der Waals surface area contributed by atoms with Crippen LogP contribution >= 0.6 is 0 Å². The quantitative estimate of drug-likeness (QED) is 0.296. The first kappa shape index (κ1) is 21.9. The van der Waals surface area contributed by atoms with Gasteiger partial charge in [-0.1, -0.05) is 82.6 Å². The summed E-state index contributed by atoms with van der Waals surface area (Å²) in [5.41, 5.74) is 3.19. The van der Waals surface area contributed by atoms with Crippen LogP contribution in [0.25, 0.3) is 0 Å². The van der Waals surface area contributed by atoms with E-state index in [2.05, 4.69) is 31.2 Å². The molecule has 1 heteroatoms. The molecule has 1 nitrogen and oxygen atoms in total. The summed E-state index contributed by atoms with van der Waals surface area (Å²) in [5.74, 6) is 3.82. The van der Waals surface area contributed by atoms with Gasteiger partial charge in [-0.25, -0.2) is 0 Å². The zero-order valence-corrected chi connectivity index (χ0v) is 18.6. The molecule has 0 amide bonds. The molecule has 0 aromatic heterocycles. The number of unbranched alkanes of at least 4 members (excludes halogenated alkanes) is 5. The Labute approximate surface area is 174 Å². The van der Waals surface area contributed by atoms with Crippen LogP contribution in [0.3, 0.4) is 0 Å². The Morgan fingerprint density at radius 2 is 1.54 bits per heavy atom. The van der Waals surface area contributed by atoms with Crippen LogP contribution in [-0.4, -0.2) is 13.7 Å². The molecule has 0 N–H and O–H groups in total. The second-order valence-corrected chi connectivity index (χ2v) is 9.77. The molecule has 2 aliphatic carbocycles. The molecule has 1 aromatic carbocycles. The lowest BCUT2D eigenvalue weighted by Crippen LogP contribution is -2.27. The fraction of sp³-hybridized carbons (Fsp3) is 0.778. The fourth-order valence-electron chi connectivity index (χ4n) is 5.45. The minimum Gasteiger partial charge on any atom is -0.385 e. The number of ether oxygens (including phenoxy) is 1. The van der Waals surface area contributed by atoms with E-state index >= 15 is 0 Å². The van der Waals surface area contributed by atoms with Gasteiger partial charge in [0.15, 0.2) is 0 Å². The van der Waals surface area contributed by atoms with Crippen LogP contribution in [0.5, 0.6) is 0 Å². The molecule has 2 saturated carbocycles. The molecular formula is C27H44O. The third kappa shape index (κ3) is 6.61. The van der Waals surface area contributed by atoms with Crippen LogP contribution in [0.1, 0.15) is 107 Å². The van der Waals surface area contributed by atoms with Crippen LogP contribution in [0.4, 0.5) is 0 Å². The number of hydrogen-bond acceptors (Lipinski definition) is 1. The van der Waals surface area contributed by atoms with E-state index in [1.807, 2.05) is 7.11 Å². The van der Waals surface area contributed by atoms with Crippen LogP contribution in [0.15, 0.2) is 24.3 Å². The zero-order chi connectivity index (χ0) is 19.6. The van der Waals surface area contributed by atoms with Crippen molar-refractivity contribution in [3.63, 3.8) is 0 Å². The molecule has 0 bridgehead atoms. The Hall–Kier alpha value is -0.820. The largest absolute Gasteiger partial charge is 0.385 e. The Morgan fingerprint density at radius 3 is 2.21 bits per heavy atom. The third-order valence-corrected chi connectivity index (χ3v) is 7.65. The summed E-state index contributed by atoms with van der Waals surface area (Å²) < 4.78 is 5.14. The molecule has 0 spiro atoms. The average molecular weight is 385 g/mol. The highest BCUT2D eigenvalue weighted by atomic mass is 16.5. The van der Waals surface area contributed by atoms with Gasteiger partial charge in [0.05, 0.1) is 0 Å². The predicted molar refractivity (Wildman–Crippen MR) is 121 cm³/mol. The third-order valence-electron chi connectivity index (χ3n) is 7.65. The van der Waals surface area contributed by atoms with Crippen molar-refractivity contribution < 1.29 is 4.74 Å². The van der Waals surface area contributed by atoms with E-state index in [1.165, 1.54) is 89.9 Å². The highest BCUT2D eigenvalue weighted by molar-refractivity contribution is 5.27. The van der Waals surface area contributed by atoms with E-state index in [-0.39, 0.29) is 0 Å². The highest BCUT2D eigenvalue weighted by Gasteiger charge is 2.31. The summed E-state index contributed by atoms with van der Waals surface area (Å²) in [7, 11) is 1.81. The molecule has 2 atom stereocenters. The second kappa shape index (κ2) is 12.0. The maximum atomic E-state index is 5.14. The molecule has 0 radical (unpaired) electrons. The van der Waals surface area contributed by atoms with E-state index in [1.54, 1.807) is 11.1 Å². The van der Waals surface area contributed by atoms with Crippen LogP contribution < -0.4 is 0 Å². The van der Waals surface area contributed by atoms with Crippen molar-refractivity contribution in [2.75, 3.05) is 13.7 Å². The zero-order valence-electron chi connectivity index (χ0n) is 18.6. The van der Waals surface area contributed by atoms with Crippen molar-refractivity contribution in [3.05, 3.63) is 35.4 Å². The number of methoxy groups -OCH3 is 1. The van der Waals surface area contributed by atoms with Gasteiger partial charge in [-0.05, 0) is 73.3 Å². The minimum atomic E-state index is 0.857. The lowest BCUT2D eigenvalue weighted by atomic mass is 9.68. The standard InChI is InChI=1S/C27H44O/c1-3-4-7-10-23-20-27(21-23)25-14-12-22(13-15-25)19-26-17-16-24(26)11-8-5-6-9-18-28-2/h12-15,23-24,26-27H,3-11,16-21H2,1-2H3. The maximum absolute atomic E-state index is 5.14. The van der Waals surface area contributed by atoms with E-state index in [0.29, 0.717) is 0 Å². The molecule has 2 unspecified atom stereocenters. The van der Waals surface area contributed by atoms with Crippen molar-refractivity contribution in [2.24, 2.45) is 17.8 Å². The number of rotatable bonds is 14. The van der Waals surface area contributed by atoms with Gasteiger partial charge in [0.2, 0.25) is 0 Å². The smallest absolute Gasteiger partial charge is 0.0462 e. The van der Waals surface area contributed by atoms with E-state index in [0.717, 1.165) is 30.3 Å². The van der Waals surface area contributed by atoms with Gasteiger partial charge in [-0.2, -0.15) is 0 Å². The van der Waals surface area contributed by atoms with Crippen molar-refractivity contribution in [3.8, 4) is 0 Å². The van der Waals surface area contributed by atoms with E-state index < -0.39 is 0 Å². The Morgan fingerprint density at radius 1 is 0.821 bits per heavy atom. The van der Waals surface area contributed by atoms with Gasteiger partial charge >= 0.3 is 0 Å². The van der Waals surface area contributed by atoms with Gasteiger partial charge in [-0.3, -0.25) is 0 Å². The van der Waals surface area contributed by atoms with Crippen molar-refractivity contribution in [1.82, 2.24) is 0 Å². The van der Waals surface area contributed by atoms with Crippen molar-refractivity contribution >= 4 is 0 Å². The molecular weight excluding hydrogens is 340 g/mol. The normalized spacial score (nSPS) is 26.6. The van der Waals surface area contributed by atoms with Gasteiger partial charge in [0.1, 0.15) is 0 Å². The van der Waals surface area contributed by atoms with E-state index in [4.69, 9.17) is 4.74 Å². The monoisotopic (exact) mass is 384 g/mol. The molecule has 1 aromatic rings. The lowest BCUT2D eigenvalue weighted by Gasteiger charge is -2.37. The van der Waals surface area contributed by atoms with Crippen molar-refractivity contribution in [2.45, 2.75) is 103 Å². The van der Waals surface area contributed by atoms with Crippen LogP contribution in [-0.2, 0) is 11.2 Å². The van der Waals surface area contributed by atoms with E-state index in [9.17, 15) is 0 Å². The van der Waals surface area contributed by atoms with Gasteiger partial charge < -0.3 is 4.74 Å². The highest BCUT2D eigenvalue weighted by Crippen LogP contribution is 2.44. The first-order chi connectivity index (χ1) is 13.8. The Bertz CT molecular complexity index is 528. The average Bonchev–Trinajstić information content (AvgIpc) is 2.67. The van der Waals surface area contributed by atoms with Gasteiger partial charge in [0.25, 0.3) is 0 Å². The second-order valence-electron chi connectivity index (χ2n) is 9.77. The predicted octanol–water partition coefficient (Wildman–Crippen LogP) is 7.93. The molecule has 2 fully saturated rings. The van der Waals surface area contributed by atoms with Crippen LogP contribution in [0, 0.1) is 17.8 Å². The summed E-state index contributed by atoms with van der Waals surface area (Å²) in [5, 5.41) is 0. The lowest BCUT2D eigenvalue weighted by molar-refractivity contribution is 0.157. The Balaban J connectivity index is 1.31. The van der Waals surface area contributed by atoms with Crippen molar-refractivity contribution in [1.29, 1.82) is 0 Å². The summed E-state index contributed by atoms with van der Waals surface area (Å²) in [6.07, 6.45) is 19.7. The maximum Gasteiger partial charge on any atom is 0.0462 e. The number of hydrogen-bond donors (Lipinski definition) is 0. The summed E-state index contributed by atoms with van der Waals surface area (Å²) >= 11 is 0. The molecule has 0 saturated heterocycles. The minimum absolute atomic E-state index is 0.857. The first-order valence-electron chi connectivity index (χ1n) is 12.4. The van der Waals surface area contributed by atoms with Crippen LogP contribution in [0.2, 0.25) is 0 Å². The first-order valence-corrected chi connectivity index (χ1v) is 12.4. The molecule has 0 aliphatic heterocycles. The molecule has 2 aliphatic rings. The molecule has 3 rings (SSSR count). The topological polar surface area (TPSA) is 9.23 Å². The number of benzene rings is 1. The summed E-state index contributed by atoms with van der Waals surface area (Å²) in [6, 6.07) is 9.79. The Kier molecular flexibility index (Phi) is 9.38. The fourth-order valence-corrected chi connectivity index (χ4v) is 5.45. The molecule has 158 valence electrons. The SMILES string of the molecule is CCCCCC1CC(c2ccc(CC3CCC3CCCCCCOC)cc2)C1. The molecule has 0 heterocycles.